The number of carbonyl (C=O) groups excluding carboxylic acids is 3. The molecule has 0 unspecified atom stereocenters. The van der Waals surface area contributed by atoms with E-state index in [0.717, 1.165) is 6.42 Å². The topological polar surface area (TPSA) is 102 Å². The second kappa shape index (κ2) is 7.65. The van der Waals surface area contributed by atoms with E-state index in [1.165, 1.54) is 34.0 Å². The number of amides is 2. The molecule has 8 nitrogen and oxygen atoms in total. The van der Waals surface area contributed by atoms with Crippen molar-refractivity contribution in [3.05, 3.63) is 41.8 Å². The number of carbonyl (C=O) groups is 3. The predicted molar refractivity (Wildman–Crippen MR) is 103 cm³/mol. The fourth-order valence-corrected chi connectivity index (χ4v) is 4.00. The summed E-state index contributed by atoms with van der Waals surface area (Å²) in [6.45, 7) is 1.04. The van der Waals surface area contributed by atoms with Crippen LogP contribution in [0.5, 0.6) is 0 Å². The molecule has 2 aromatic rings. The van der Waals surface area contributed by atoms with Gasteiger partial charge in [0.1, 0.15) is 11.6 Å². The van der Waals surface area contributed by atoms with Crippen LogP contribution in [0, 0.1) is 5.82 Å². The van der Waals surface area contributed by atoms with E-state index in [1.54, 1.807) is 11.0 Å². The van der Waals surface area contributed by atoms with E-state index >= 15 is 0 Å². The highest BCUT2D eigenvalue weighted by molar-refractivity contribution is 6.05. The second-order valence-electron chi connectivity index (χ2n) is 7.36. The number of hydrogen-bond acceptors (Lipinski definition) is 5. The number of Topliss-reactive ketones (excluding diaryl/α,β-unsaturated/α-hetero) is 1. The van der Waals surface area contributed by atoms with Gasteiger partial charge in [0.2, 0.25) is 11.8 Å². The van der Waals surface area contributed by atoms with Gasteiger partial charge in [-0.1, -0.05) is 6.07 Å². The van der Waals surface area contributed by atoms with E-state index in [9.17, 15) is 18.8 Å². The molecule has 0 spiro atoms. The fourth-order valence-electron chi connectivity index (χ4n) is 4.00. The highest BCUT2D eigenvalue weighted by Gasteiger charge is 2.37. The van der Waals surface area contributed by atoms with E-state index in [-0.39, 0.29) is 35.5 Å². The van der Waals surface area contributed by atoms with Gasteiger partial charge < -0.3 is 15.5 Å². The van der Waals surface area contributed by atoms with E-state index in [4.69, 9.17) is 5.73 Å². The third kappa shape index (κ3) is 3.59. The quantitative estimate of drug-likeness (QED) is 0.766. The first kappa shape index (κ1) is 19.1. The van der Waals surface area contributed by atoms with Gasteiger partial charge in [0.05, 0.1) is 30.0 Å². The summed E-state index contributed by atoms with van der Waals surface area (Å²) in [6, 6.07) is 5.12. The summed E-state index contributed by atoms with van der Waals surface area (Å²) in [6.07, 6.45) is 3.81. The van der Waals surface area contributed by atoms with Crippen molar-refractivity contribution in [2.75, 3.05) is 25.4 Å². The van der Waals surface area contributed by atoms with Gasteiger partial charge in [-0.3, -0.25) is 14.4 Å². The Morgan fingerprint density at radius 3 is 2.79 bits per heavy atom. The van der Waals surface area contributed by atoms with Crippen LogP contribution in [0.4, 0.5) is 10.2 Å². The Morgan fingerprint density at radius 2 is 2.07 bits per heavy atom. The summed E-state index contributed by atoms with van der Waals surface area (Å²) >= 11 is 0. The SMILES string of the molecule is Nc1c(C(=O)[C@H]2CCCN2C(=O)CN2CCCC2=O)cnn1-c1cccc(F)c1. The standard InChI is InChI=1S/C20H22FN5O3/c21-13-4-1-5-14(10-13)26-20(22)15(11-23-26)19(29)16-6-2-9-25(16)18(28)12-24-8-3-7-17(24)27/h1,4-5,10-11,16H,2-3,6-9,12,22H2/t16-/m1/s1. The third-order valence-electron chi connectivity index (χ3n) is 5.50. The van der Waals surface area contributed by atoms with E-state index in [2.05, 4.69) is 5.10 Å². The smallest absolute Gasteiger partial charge is 0.242 e. The van der Waals surface area contributed by atoms with Gasteiger partial charge in [-0.25, -0.2) is 9.07 Å². The van der Waals surface area contributed by atoms with Gasteiger partial charge in [0, 0.05) is 19.5 Å². The molecular formula is C20H22FN5O3. The molecule has 152 valence electrons. The van der Waals surface area contributed by atoms with Crippen molar-refractivity contribution in [2.24, 2.45) is 0 Å². The van der Waals surface area contributed by atoms with Gasteiger partial charge >= 0.3 is 0 Å². The maximum Gasteiger partial charge on any atom is 0.242 e. The molecule has 2 amide bonds. The number of likely N-dealkylation sites (tertiary alicyclic amines) is 2. The Morgan fingerprint density at radius 1 is 1.24 bits per heavy atom. The summed E-state index contributed by atoms with van der Waals surface area (Å²) in [5.74, 6) is -0.874. The van der Waals surface area contributed by atoms with E-state index in [1.807, 2.05) is 0 Å². The van der Waals surface area contributed by atoms with Crippen molar-refractivity contribution in [1.82, 2.24) is 19.6 Å². The highest BCUT2D eigenvalue weighted by Crippen LogP contribution is 2.26. The van der Waals surface area contributed by atoms with Crippen LogP contribution in [-0.2, 0) is 9.59 Å². The molecule has 2 saturated heterocycles. The normalized spacial score (nSPS) is 19.2. The summed E-state index contributed by atoms with van der Waals surface area (Å²) in [4.78, 5) is 40.7. The number of aromatic nitrogens is 2. The van der Waals surface area contributed by atoms with Crippen LogP contribution < -0.4 is 5.73 Å². The molecule has 1 atom stereocenters. The molecule has 1 aromatic heterocycles. The largest absolute Gasteiger partial charge is 0.383 e. The molecule has 0 saturated carbocycles. The van der Waals surface area contributed by atoms with Gasteiger partial charge in [-0.05, 0) is 37.5 Å². The Kier molecular flexibility index (Phi) is 5.04. The minimum Gasteiger partial charge on any atom is -0.383 e. The number of halogens is 1. The third-order valence-corrected chi connectivity index (χ3v) is 5.50. The lowest BCUT2D eigenvalue weighted by atomic mass is 10.0. The van der Waals surface area contributed by atoms with Gasteiger partial charge in [0.15, 0.2) is 5.78 Å². The molecule has 3 heterocycles. The first-order chi connectivity index (χ1) is 14.0. The molecule has 1 aromatic carbocycles. The summed E-state index contributed by atoms with van der Waals surface area (Å²) < 4.78 is 14.8. The lowest BCUT2D eigenvalue weighted by molar-refractivity contribution is -0.138. The van der Waals surface area contributed by atoms with Crippen molar-refractivity contribution in [1.29, 1.82) is 0 Å². The predicted octanol–water partition coefficient (Wildman–Crippen LogP) is 1.39. The number of rotatable bonds is 5. The first-order valence-electron chi connectivity index (χ1n) is 9.66. The zero-order valence-electron chi connectivity index (χ0n) is 15.9. The number of anilines is 1. The molecule has 9 heteroatoms. The highest BCUT2D eigenvalue weighted by atomic mass is 19.1. The van der Waals surface area contributed by atoms with Crippen molar-refractivity contribution >= 4 is 23.4 Å². The number of nitrogens with zero attached hydrogens (tertiary/aromatic N) is 4. The number of ketones is 1. The Bertz CT molecular complexity index is 973. The zero-order chi connectivity index (χ0) is 20.5. The zero-order valence-corrected chi connectivity index (χ0v) is 15.9. The monoisotopic (exact) mass is 399 g/mol. The van der Waals surface area contributed by atoms with Crippen LogP contribution in [0.3, 0.4) is 0 Å². The number of hydrogen-bond donors (Lipinski definition) is 1. The van der Waals surface area contributed by atoms with Crippen LogP contribution >= 0.6 is 0 Å². The minimum absolute atomic E-state index is 0.000644. The average molecular weight is 399 g/mol. The van der Waals surface area contributed by atoms with Crippen molar-refractivity contribution in [3.8, 4) is 5.69 Å². The number of nitrogen functional groups attached to an aromatic ring is 1. The van der Waals surface area contributed by atoms with Crippen molar-refractivity contribution < 1.29 is 18.8 Å². The van der Waals surface area contributed by atoms with Crippen LogP contribution in [0.15, 0.2) is 30.5 Å². The van der Waals surface area contributed by atoms with Crippen LogP contribution in [0.25, 0.3) is 5.69 Å². The molecular weight excluding hydrogens is 377 g/mol. The maximum absolute atomic E-state index is 13.5. The summed E-state index contributed by atoms with van der Waals surface area (Å²) in [5.41, 5.74) is 6.74. The van der Waals surface area contributed by atoms with Crippen LogP contribution in [-0.4, -0.2) is 62.9 Å². The lowest BCUT2D eigenvalue weighted by Gasteiger charge is -2.26. The second-order valence-corrected chi connectivity index (χ2v) is 7.36. The molecule has 2 N–H and O–H groups in total. The number of benzene rings is 1. The molecule has 2 fully saturated rings. The van der Waals surface area contributed by atoms with Crippen LogP contribution in [0.1, 0.15) is 36.0 Å². The van der Waals surface area contributed by atoms with Gasteiger partial charge in [0.25, 0.3) is 0 Å². The molecule has 2 aliphatic heterocycles. The van der Waals surface area contributed by atoms with Gasteiger partial charge in [-0.2, -0.15) is 5.10 Å². The number of nitrogens with two attached hydrogens (primary N) is 1. The Balaban J connectivity index is 1.53. The maximum atomic E-state index is 13.5. The lowest BCUT2D eigenvalue weighted by Crippen LogP contribution is -2.46. The van der Waals surface area contributed by atoms with Gasteiger partial charge in [-0.15, -0.1) is 0 Å². The molecule has 0 radical (unpaired) electrons. The molecule has 0 aliphatic carbocycles. The Hall–Kier alpha value is -3.23. The molecule has 4 rings (SSSR count). The van der Waals surface area contributed by atoms with Crippen molar-refractivity contribution in [2.45, 2.75) is 31.7 Å². The molecule has 0 bridgehead atoms. The summed E-state index contributed by atoms with van der Waals surface area (Å²) in [7, 11) is 0. The minimum atomic E-state index is -0.632. The molecule has 29 heavy (non-hydrogen) atoms. The van der Waals surface area contributed by atoms with Crippen LogP contribution in [0.2, 0.25) is 0 Å². The van der Waals surface area contributed by atoms with E-state index in [0.29, 0.717) is 38.0 Å². The van der Waals surface area contributed by atoms with Crippen molar-refractivity contribution in [3.63, 3.8) is 0 Å². The first-order valence-corrected chi connectivity index (χ1v) is 9.66. The average Bonchev–Trinajstić information content (AvgIpc) is 3.42. The molecule has 2 aliphatic rings. The van der Waals surface area contributed by atoms with E-state index < -0.39 is 11.9 Å². The Labute approximate surface area is 167 Å². The fraction of sp³-hybridized carbons (Fsp3) is 0.400. The summed E-state index contributed by atoms with van der Waals surface area (Å²) in [5, 5.41) is 4.13.